The standard InChI is InChI=1S/C19H29N3O/c1-16-7-3-4-8-17(16)19(9-13-23-14-10-19)15-21-18(20)22-11-5-2-6-12-22/h3-4,7-8H,2,5-6,9-15H2,1H3,(H2,20,21). The van der Waals surface area contributed by atoms with Gasteiger partial charge in [-0.25, -0.2) is 0 Å². The lowest BCUT2D eigenvalue weighted by atomic mass is 9.72. The van der Waals surface area contributed by atoms with Gasteiger partial charge in [-0.3, -0.25) is 4.99 Å². The number of rotatable bonds is 3. The Morgan fingerprint density at radius 1 is 1.17 bits per heavy atom. The number of benzene rings is 1. The Kier molecular flexibility index (Phi) is 5.21. The molecule has 0 aromatic heterocycles. The van der Waals surface area contributed by atoms with E-state index in [-0.39, 0.29) is 5.41 Å². The lowest BCUT2D eigenvalue weighted by molar-refractivity contribution is 0.0528. The van der Waals surface area contributed by atoms with Crippen molar-refractivity contribution in [2.45, 2.75) is 44.4 Å². The molecule has 2 heterocycles. The molecule has 1 aromatic carbocycles. The number of hydrogen-bond donors (Lipinski definition) is 1. The summed E-state index contributed by atoms with van der Waals surface area (Å²) in [6, 6.07) is 8.70. The topological polar surface area (TPSA) is 50.8 Å². The van der Waals surface area contributed by atoms with Gasteiger partial charge in [0.25, 0.3) is 0 Å². The number of aliphatic imine (C=N–C) groups is 1. The first-order valence-electron chi connectivity index (χ1n) is 8.90. The Bertz CT molecular complexity index is 543. The summed E-state index contributed by atoms with van der Waals surface area (Å²) in [4.78, 5) is 7.07. The van der Waals surface area contributed by atoms with Crippen molar-refractivity contribution in [3.8, 4) is 0 Å². The maximum atomic E-state index is 6.29. The van der Waals surface area contributed by atoms with Crippen LogP contribution in [0.15, 0.2) is 29.3 Å². The van der Waals surface area contributed by atoms with Crippen LogP contribution in [0.3, 0.4) is 0 Å². The molecule has 0 radical (unpaired) electrons. The molecule has 0 unspecified atom stereocenters. The van der Waals surface area contributed by atoms with Crippen LogP contribution in [0.4, 0.5) is 0 Å². The van der Waals surface area contributed by atoms with Crippen molar-refractivity contribution in [2.75, 3.05) is 32.8 Å². The van der Waals surface area contributed by atoms with E-state index in [0.29, 0.717) is 0 Å². The number of piperidine rings is 1. The first-order valence-corrected chi connectivity index (χ1v) is 8.90. The second-order valence-electron chi connectivity index (χ2n) is 6.93. The van der Waals surface area contributed by atoms with Gasteiger partial charge in [0.15, 0.2) is 5.96 Å². The Labute approximate surface area is 139 Å². The summed E-state index contributed by atoms with van der Waals surface area (Å²) in [6.45, 7) is 6.69. The van der Waals surface area contributed by atoms with E-state index in [2.05, 4.69) is 36.1 Å². The van der Waals surface area contributed by atoms with E-state index in [9.17, 15) is 0 Å². The Balaban J connectivity index is 1.81. The van der Waals surface area contributed by atoms with Gasteiger partial charge in [0, 0.05) is 31.7 Å². The summed E-state index contributed by atoms with van der Waals surface area (Å²) < 4.78 is 5.62. The molecule has 23 heavy (non-hydrogen) atoms. The molecule has 1 aromatic rings. The Morgan fingerprint density at radius 3 is 2.57 bits per heavy atom. The highest BCUT2D eigenvalue weighted by atomic mass is 16.5. The predicted octanol–water partition coefficient (Wildman–Crippen LogP) is 2.84. The Morgan fingerprint density at radius 2 is 1.87 bits per heavy atom. The van der Waals surface area contributed by atoms with Gasteiger partial charge in [-0.15, -0.1) is 0 Å². The highest BCUT2D eigenvalue weighted by Gasteiger charge is 2.35. The molecule has 2 fully saturated rings. The first kappa shape index (κ1) is 16.3. The zero-order valence-corrected chi connectivity index (χ0v) is 14.3. The molecule has 2 aliphatic heterocycles. The smallest absolute Gasteiger partial charge is 0.191 e. The molecule has 0 spiro atoms. The predicted molar refractivity (Wildman–Crippen MR) is 94.8 cm³/mol. The maximum absolute atomic E-state index is 6.29. The summed E-state index contributed by atoms with van der Waals surface area (Å²) in [6.07, 6.45) is 5.82. The van der Waals surface area contributed by atoms with E-state index in [0.717, 1.165) is 51.6 Å². The van der Waals surface area contributed by atoms with Gasteiger partial charge in [-0.1, -0.05) is 24.3 Å². The minimum Gasteiger partial charge on any atom is -0.381 e. The molecule has 0 saturated carbocycles. The number of hydrogen-bond acceptors (Lipinski definition) is 2. The van der Waals surface area contributed by atoms with Gasteiger partial charge in [0.1, 0.15) is 0 Å². The molecule has 4 heteroatoms. The van der Waals surface area contributed by atoms with Crippen LogP contribution < -0.4 is 5.73 Å². The zero-order valence-electron chi connectivity index (χ0n) is 14.3. The monoisotopic (exact) mass is 315 g/mol. The Hall–Kier alpha value is -1.55. The fourth-order valence-corrected chi connectivity index (χ4v) is 3.90. The average molecular weight is 315 g/mol. The number of nitrogens with two attached hydrogens (primary N) is 1. The maximum Gasteiger partial charge on any atom is 0.191 e. The molecule has 2 saturated heterocycles. The largest absolute Gasteiger partial charge is 0.381 e. The lowest BCUT2D eigenvalue weighted by Gasteiger charge is -2.38. The molecule has 0 atom stereocenters. The van der Waals surface area contributed by atoms with Crippen molar-refractivity contribution in [3.63, 3.8) is 0 Å². The third-order valence-electron chi connectivity index (χ3n) is 5.39. The van der Waals surface area contributed by atoms with Gasteiger partial charge >= 0.3 is 0 Å². The SMILES string of the molecule is Cc1ccccc1C1(CN=C(N)N2CCCCC2)CCOCC1. The van der Waals surface area contributed by atoms with Crippen molar-refractivity contribution in [1.82, 2.24) is 4.90 Å². The number of nitrogens with zero attached hydrogens (tertiary/aromatic N) is 2. The highest BCUT2D eigenvalue weighted by Crippen LogP contribution is 2.37. The van der Waals surface area contributed by atoms with E-state index < -0.39 is 0 Å². The van der Waals surface area contributed by atoms with E-state index in [4.69, 9.17) is 15.5 Å². The van der Waals surface area contributed by atoms with Crippen molar-refractivity contribution in [2.24, 2.45) is 10.7 Å². The summed E-state index contributed by atoms with van der Waals surface area (Å²) in [5, 5.41) is 0. The lowest BCUT2D eigenvalue weighted by Crippen LogP contribution is -2.43. The average Bonchev–Trinajstić information content (AvgIpc) is 2.61. The minimum absolute atomic E-state index is 0.0734. The molecule has 0 amide bonds. The van der Waals surface area contributed by atoms with Gasteiger partial charge in [-0.05, 0) is 50.2 Å². The van der Waals surface area contributed by atoms with Gasteiger partial charge in [0.2, 0.25) is 0 Å². The molecule has 0 bridgehead atoms. The third-order valence-corrected chi connectivity index (χ3v) is 5.39. The molecule has 4 nitrogen and oxygen atoms in total. The van der Waals surface area contributed by atoms with Gasteiger partial charge in [-0.2, -0.15) is 0 Å². The molecule has 0 aliphatic carbocycles. The fourth-order valence-electron chi connectivity index (χ4n) is 3.90. The highest BCUT2D eigenvalue weighted by molar-refractivity contribution is 5.78. The van der Waals surface area contributed by atoms with Crippen molar-refractivity contribution in [3.05, 3.63) is 35.4 Å². The second-order valence-corrected chi connectivity index (χ2v) is 6.93. The van der Waals surface area contributed by atoms with Crippen LogP contribution in [0.25, 0.3) is 0 Å². The van der Waals surface area contributed by atoms with Crippen LogP contribution in [0.5, 0.6) is 0 Å². The van der Waals surface area contributed by atoms with Crippen LogP contribution in [-0.4, -0.2) is 43.7 Å². The van der Waals surface area contributed by atoms with Crippen LogP contribution in [0, 0.1) is 6.92 Å². The number of likely N-dealkylation sites (tertiary alicyclic amines) is 1. The summed E-state index contributed by atoms with van der Waals surface area (Å²) >= 11 is 0. The third kappa shape index (κ3) is 3.69. The number of guanidine groups is 1. The fraction of sp³-hybridized carbons (Fsp3) is 0.632. The second kappa shape index (κ2) is 7.35. The van der Waals surface area contributed by atoms with E-state index in [1.165, 1.54) is 30.4 Å². The van der Waals surface area contributed by atoms with Gasteiger partial charge in [0.05, 0.1) is 6.54 Å². The van der Waals surface area contributed by atoms with Gasteiger partial charge < -0.3 is 15.4 Å². The van der Waals surface area contributed by atoms with Crippen molar-refractivity contribution >= 4 is 5.96 Å². The molecule has 3 rings (SSSR count). The van der Waals surface area contributed by atoms with Crippen LogP contribution in [-0.2, 0) is 10.2 Å². The summed E-state index contributed by atoms with van der Waals surface area (Å²) in [7, 11) is 0. The molecule has 2 aliphatic rings. The van der Waals surface area contributed by atoms with E-state index in [1.807, 2.05) is 0 Å². The van der Waals surface area contributed by atoms with Crippen molar-refractivity contribution < 1.29 is 4.74 Å². The summed E-state index contributed by atoms with van der Waals surface area (Å²) in [5.41, 5.74) is 9.12. The van der Waals surface area contributed by atoms with E-state index >= 15 is 0 Å². The number of ether oxygens (including phenoxy) is 1. The molecular formula is C19H29N3O. The zero-order chi connectivity index (χ0) is 16.1. The van der Waals surface area contributed by atoms with Crippen LogP contribution in [0.2, 0.25) is 0 Å². The summed E-state index contributed by atoms with van der Waals surface area (Å²) in [5.74, 6) is 0.726. The number of aryl methyl sites for hydroxylation is 1. The molecule has 126 valence electrons. The molecular weight excluding hydrogens is 286 g/mol. The normalized spacial score (nSPS) is 22.1. The minimum atomic E-state index is 0.0734. The molecule has 2 N–H and O–H groups in total. The quantitative estimate of drug-likeness (QED) is 0.689. The van der Waals surface area contributed by atoms with Crippen molar-refractivity contribution in [1.29, 1.82) is 0 Å². The van der Waals surface area contributed by atoms with Crippen LogP contribution >= 0.6 is 0 Å². The first-order chi connectivity index (χ1) is 11.2. The van der Waals surface area contributed by atoms with E-state index in [1.54, 1.807) is 0 Å². The van der Waals surface area contributed by atoms with Crippen LogP contribution in [0.1, 0.15) is 43.2 Å².